The number of oxime groups is 1. The van der Waals surface area contributed by atoms with Crippen molar-refractivity contribution >= 4 is 6.21 Å². The minimum Gasteiger partial charge on any atom is -0.508 e. The van der Waals surface area contributed by atoms with E-state index in [2.05, 4.69) is 9.99 Å². The Bertz CT molecular complexity index is 1060. The highest BCUT2D eigenvalue weighted by Crippen LogP contribution is 2.47. The summed E-state index contributed by atoms with van der Waals surface area (Å²) in [5.74, 6) is 0.629. The highest BCUT2D eigenvalue weighted by atomic mass is 16.6. The van der Waals surface area contributed by atoms with E-state index in [-0.39, 0.29) is 29.6 Å². The van der Waals surface area contributed by atoms with Crippen molar-refractivity contribution in [3.63, 3.8) is 0 Å². The Balaban J connectivity index is 2.01. The fourth-order valence-electron chi connectivity index (χ4n) is 3.24. The number of ether oxygens (including phenoxy) is 2. The van der Waals surface area contributed by atoms with Gasteiger partial charge in [0.1, 0.15) is 19.5 Å². The summed E-state index contributed by atoms with van der Waals surface area (Å²) in [4.78, 5) is 4.56. The Kier molecular flexibility index (Phi) is 6.32. The third-order valence-corrected chi connectivity index (χ3v) is 4.58. The van der Waals surface area contributed by atoms with Gasteiger partial charge >= 0.3 is 0 Å². The quantitative estimate of drug-likeness (QED) is 0.393. The van der Waals surface area contributed by atoms with Gasteiger partial charge in [0, 0.05) is 11.1 Å². The van der Waals surface area contributed by atoms with Gasteiger partial charge in [-0.2, -0.15) is 0 Å². The maximum atomic E-state index is 11.0. The number of rotatable bonds is 7. The van der Waals surface area contributed by atoms with Gasteiger partial charge in [0.25, 0.3) is 0 Å². The topological polar surface area (TPSA) is 101 Å². The monoisotopic (exact) mass is 409 g/mol. The second-order valence-electron chi connectivity index (χ2n) is 6.51. The van der Waals surface area contributed by atoms with Crippen LogP contribution in [0.1, 0.15) is 5.56 Å². The van der Waals surface area contributed by atoms with E-state index in [0.29, 0.717) is 22.4 Å². The van der Waals surface area contributed by atoms with Gasteiger partial charge in [-0.1, -0.05) is 23.4 Å². The first-order chi connectivity index (χ1) is 14.5. The van der Waals surface area contributed by atoms with Crippen molar-refractivity contribution in [2.45, 2.75) is 6.92 Å². The molecule has 0 heterocycles. The van der Waals surface area contributed by atoms with Crippen LogP contribution in [0.25, 0.3) is 22.3 Å². The average Bonchev–Trinajstić information content (AvgIpc) is 2.72. The lowest BCUT2D eigenvalue weighted by molar-refractivity contribution is 0.212. The molecule has 0 aliphatic rings. The Morgan fingerprint density at radius 3 is 2.27 bits per heavy atom. The van der Waals surface area contributed by atoms with Gasteiger partial charge < -0.3 is 29.6 Å². The predicted octanol–water partition coefficient (Wildman–Crippen LogP) is 4.47. The molecule has 0 bridgehead atoms. The first-order valence-electron chi connectivity index (χ1n) is 9.17. The van der Waals surface area contributed by atoms with Crippen LogP contribution in [-0.4, -0.2) is 42.4 Å². The number of phenolic OH excluding ortho intramolecular Hbond substituents is 3. The lowest BCUT2D eigenvalue weighted by Crippen LogP contribution is -1.99. The molecule has 3 aromatic rings. The van der Waals surface area contributed by atoms with Gasteiger partial charge in [0.05, 0.1) is 13.3 Å². The molecule has 0 spiro atoms. The largest absolute Gasteiger partial charge is 0.508 e. The van der Waals surface area contributed by atoms with Gasteiger partial charge in [-0.25, -0.2) is 0 Å². The molecule has 30 heavy (non-hydrogen) atoms. The zero-order valence-corrected chi connectivity index (χ0v) is 16.9. The lowest BCUT2D eigenvalue weighted by Gasteiger charge is -2.18. The Hall–Kier alpha value is -3.87. The van der Waals surface area contributed by atoms with Crippen molar-refractivity contribution < 1.29 is 29.6 Å². The molecular formula is C23H23NO6. The van der Waals surface area contributed by atoms with E-state index in [0.717, 1.165) is 11.1 Å². The number of benzene rings is 3. The Morgan fingerprint density at radius 1 is 0.933 bits per heavy atom. The van der Waals surface area contributed by atoms with Crippen LogP contribution in [0.5, 0.6) is 28.7 Å². The summed E-state index contributed by atoms with van der Waals surface area (Å²) < 4.78 is 10.9. The second-order valence-corrected chi connectivity index (χ2v) is 6.51. The highest BCUT2D eigenvalue weighted by molar-refractivity contribution is 5.86. The summed E-state index contributed by atoms with van der Waals surface area (Å²) in [5.41, 5.74) is 3.42. The van der Waals surface area contributed by atoms with E-state index < -0.39 is 0 Å². The molecule has 7 heteroatoms. The Labute approximate surface area is 174 Å². The van der Waals surface area contributed by atoms with Crippen LogP contribution < -0.4 is 9.47 Å². The molecule has 0 fully saturated rings. The number of phenols is 3. The van der Waals surface area contributed by atoms with Crippen molar-refractivity contribution in [1.82, 2.24) is 0 Å². The zero-order valence-electron chi connectivity index (χ0n) is 16.9. The molecule has 0 aliphatic heterocycles. The first kappa shape index (κ1) is 20.9. The molecule has 3 N–H and O–H groups in total. The van der Waals surface area contributed by atoms with Crippen molar-refractivity contribution in [3.8, 4) is 51.0 Å². The summed E-state index contributed by atoms with van der Waals surface area (Å²) in [6, 6.07) is 13.4. The maximum absolute atomic E-state index is 11.0. The van der Waals surface area contributed by atoms with Crippen LogP contribution in [-0.2, 0) is 4.84 Å². The van der Waals surface area contributed by atoms with Gasteiger partial charge in [0.2, 0.25) is 0 Å². The summed E-state index contributed by atoms with van der Waals surface area (Å²) in [6.45, 7) is 2.00. The lowest BCUT2D eigenvalue weighted by atomic mass is 9.93. The summed E-state index contributed by atoms with van der Waals surface area (Å²) in [6.07, 6.45) is 1.43. The van der Waals surface area contributed by atoms with E-state index in [9.17, 15) is 15.3 Å². The number of hydrogen-bond acceptors (Lipinski definition) is 7. The number of hydrogen-bond donors (Lipinski definition) is 3. The normalized spacial score (nSPS) is 10.9. The maximum Gasteiger partial charge on any atom is 0.168 e. The molecule has 3 aromatic carbocycles. The molecule has 0 radical (unpaired) electrons. The molecule has 0 saturated carbocycles. The zero-order chi connectivity index (χ0) is 21.7. The molecule has 0 atom stereocenters. The standard InChI is InChI=1S/C23H23NO6/c1-14-12-18(15-4-7-17(25)8-5-15)23(28-2)22(27)21(14)16-6-9-20(19(26)13-16)30-11-10-24-29-3/h4-10,12-13,25-27H,11H2,1-3H3. The minimum absolute atomic E-state index is 0.0409. The van der Waals surface area contributed by atoms with Crippen LogP contribution in [0.3, 0.4) is 0 Å². The SMILES string of the molecule is CON=CCOc1ccc(-c2c(C)cc(-c3ccc(O)cc3)c(OC)c2O)cc1O. The van der Waals surface area contributed by atoms with Crippen molar-refractivity contribution in [3.05, 3.63) is 54.1 Å². The van der Waals surface area contributed by atoms with Crippen LogP contribution in [0.4, 0.5) is 0 Å². The third-order valence-electron chi connectivity index (χ3n) is 4.58. The molecule has 0 aromatic heterocycles. The number of aryl methyl sites for hydroxylation is 1. The van der Waals surface area contributed by atoms with Crippen LogP contribution in [0.15, 0.2) is 53.7 Å². The fourth-order valence-corrected chi connectivity index (χ4v) is 3.24. The molecular weight excluding hydrogens is 386 g/mol. The van der Waals surface area contributed by atoms with Crippen molar-refractivity contribution in [2.24, 2.45) is 5.16 Å². The van der Waals surface area contributed by atoms with E-state index in [4.69, 9.17) is 9.47 Å². The van der Waals surface area contributed by atoms with E-state index >= 15 is 0 Å². The third kappa shape index (κ3) is 4.25. The van der Waals surface area contributed by atoms with Gasteiger partial charge in [0.15, 0.2) is 23.0 Å². The fraction of sp³-hybridized carbons (Fsp3) is 0.174. The smallest absolute Gasteiger partial charge is 0.168 e. The first-order valence-corrected chi connectivity index (χ1v) is 9.17. The van der Waals surface area contributed by atoms with E-state index in [1.54, 1.807) is 36.4 Å². The average molecular weight is 409 g/mol. The van der Waals surface area contributed by atoms with E-state index in [1.807, 2.05) is 13.0 Å². The van der Waals surface area contributed by atoms with Gasteiger partial charge in [-0.15, -0.1) is 0 Å². The number of nitrogens with zero attached hydrogens (tertiary/aromatic N) is 1. The van der Waals surface area contributed by atoms with Crippen molar-refractivity contribution in [1.29, 1.82) is 0 Å². The van der Waals surface area contributed by atoms with Crippen molar-refractivity contribution in [2.75, 3.05) is 20.8 Å². The summed E-state index contributed by atoms with van der Waals surface area (Å²) in [5, 5.41) is 34.4. The Morgan fingerprint density at radius 2 is 1.63 bits per heavy atom. The number of methoxy groups -OCH3 is 1. The van der Waals surface area contributed by atoms with Crippen LogP contribution in [0, 0.1) is 6.92 Å². The summed E-state index contributed by atoms with van der Waals surface area (Å²) >= 11 is 0. The second kappa shape index (κ2) is 9.09. The highest BCUT2D eigenvalue weighted by Gasteiger charge is 2.20. The molecule has 3 rings (SSSR count). The molecule has 156 valence electrons. The summed E-state index contributed by atoms with van der Waals surface area (Å²) in [7, 11) is 2.91. The molecule has 0 amide bonds. The molecule has 0 aliphatic carbocycles. The molecule has 7 nitrogen and oxygen atoms in total. The minimum atomic E-state index is -0.0707. The van der Waals surface area contributed by atoms with Crippen LogP contribution in [0.2, 0.25) is 0 Å². The molecule has 0 saturated heterocycles. The number of aromatic hydroxyl groups is 3. The molecule has 0 unspecified atom stereocenters. The van der Waals surface area contributed by atoms with Crippen LogP contribution >= 0.6 is 0 Å². The van der Waals surface area contributed by atoms with E-state index in [1.165, 1.54) is 26.5 Å². The van der Waals surface area contributed by atoms with Gasteiger partial charge in [-0.05, 0) is 53.9 Å². The predicted molar refractivity (Wildman–Crippen MR) is 115 cm³/mol. The van der Waals surface area contributed by atoms with Gasteiger partial charge in [-0.3, -0.25) is 0 Å².